The van der Waals surface area contributed by atoms with Crippen LogP contribution in [0.5, 0.6) is 5.75 Å². The number of benzene rings is 2. The second kappa shape index (κ2) is 7.14. The van der Waals surface area contributed by atoms with Gasteiger partial charge in [0.15, 0.2) is 0 Å². The average Bonchev–Trinajstić information content (AvgIpc) is 2.46. The van der Waals surface area contributed by atoms with Gasteiger partial charge in [0.1, 0.15) is 5.75 Å². The SMILES string of the molecule is CC(C)Oc1ccccc1C(=O)NCc1ccccc1Cl. The van der Waals surface area contributed by atoms with Crippen LogP contribution in [0.25, 0.3) is 0 Å². The number of rotatable bonds is 5. The van der Waals surface area contributed by atoms with Gasteiger partial charge in [-0.1, -0.05) is 41.9 Å². The molecule has 0 aliphatic carbocycles. The summed E-state index contributed by atoms with van der Waals surface area (Å²) in [6.07, 6.45) is 0.0162. The molecule has 0 aromatic heterocycles. The fourth-order valence-corrected chi connectivity index (χ4v) is 2.13. The molecule has 0 radical (unpaired) electrons. The number of hydrogen-bond donors (Lipinski definition) is 1. The van der Waals surface area contributed by atoms with Crippen molar-refractivity contribution in [2.24, 2.45) is 0 Å². The fraction of sp³-hybridized carbons (Fsp3) is 0.235. The lowest BCUT2D eigenvalue weighted by atomic mass is 10.1. The smallest absolute Gasteiger partial charge is 0.255 e. The molecule has 1 N–H and O–H groups in total. The Hall–Kier alpha value is -2.00. The summed E-state index contributed by atoms with van der Waals surface area (Å²) in [5, 5.41) is 3.51. The molecule has 0 aliphatic heterocycles. The van der Waals surface area contributed by atoms with Crippen molar-refractivity contribution in [3.8, 4) is 5.75 Å². The Balaban J connectivity index is 2.09. The summed E-state index contributed by atoms with van der Waals surface area (Å²) >= 11 is 6.08. The van der Waals surface area contributed by atoms with E-state index in [1.807, 2.05) is 44.2 Å². The minimum atomic E-state index is -0.175. The summed E-state index contributed by atoms with van der Waals surface area (Å²) in [7, 11) is 0. The number of para-hydroxylation sites is 1. The van der Waals surface area contributed by atoms with Gasteiger partial charge in [0, 0.05) is 11.6 Å². The van der Waals surface area contributed by atoms with Crippen molar-refractivity contribution in [3.05, 3.63) is 64.7 Å². The van der Waals surface area contributed by atoms with Gasteiger partial charge in [-0.25, -0.2) is 0 Å². The number of ether oxygens (including phenoxy) is 1. The van der Waals surface area contributed by atoms with Crippen LogP contribution in [-0.2, 0) is 6.54 Å². The standard InChI is InChI=1S/C17H18ClNO2/c1-12(2)21-16-10-6-4-8-14(16)17(20)19-11-13-7-3-5-9-15(13)18/h3-10,12H,11H2,1-2H3,(H,19,20). The Morgan fingerprint density at radius 1 is 1.14 bits per heavy atom. The monoisotopic (exact) mass is 303 g/mol. The van der Waals surface area contributed by atoms with Crippen LogP contribution in [0.4, 0.5) is 0 Å². The van der Waals surface area contributed by atoms with Crippen LogP contribution in [0.15, 0.2) is 48.5 Å². The van der Waals surface area contributed by atoms with E-state index in [-0.39, 0.29) is 12.0 Å². The van der Waals surface area contributed by atoms with Gasteiger partial charge in [-0.2, -0.15) is 0 Å². The Kier molecular flexibility index (Phi) is 5.23. The number of carbonyl (C=O) groups excluding carboxylic acids is 1. The molecule has 0 bridgehead atoms. The third-order valence-electron chi connectivity index (χ3n) is 2.89. The molecule has 0 spiro atoms. The fourth-order valence-electron chi connectivity index (χ4n) is 1.92. The van der Waals surface area contributed by atoms with E-state index in [1.54, 1.807) is 18.2 Å². The average molecular weight is 304 g/mol. The first kappa shape index (κ1) is 15.4. The summed E-state index contributed by atoms with van der Waals surface area (Å²) < 4.78 is 5.66. The molecule has 0 saturated carbocycles. The van der Waals surface area contributed by atoms with Crippen molar-refractivity contribution >= 4 is 17.5 Å². The number of nitrogens with one attached hydrogen (secondary N) is 1. The third-order valence-corrected chi connectivity index (χ3v) is 3.26. The van der Waals surface area contributed by atoms with Gasteiger partial charge in [0.2, 0.25) is 0 Å². The van der Waals surface area contributed by atoms with E-state index >= 15 is 0 Å². The molecular weight excluding hydrogens is 286 g/mol. The lowest BCUT2D eigenvalue weighted by molar-refractivity contribution is 0.0945. The van der Waals surface area contributed by atoms with E-state index in [1.165, 1.54) is 0 Å². The molecule has 1 amide bonds. The van der Waals surface area contributed by atoms with E-state index in [2.05, 4.69) is 5.32 Å². The molecule has 0 atom stereocenters. The van der Waals surface area contributed by atoms with Gasteiger partial charge in [-0.15, -0.1) is 0 Å². The van der Waals surface area contributed by atoms with Crippen LogP contribution in [0.1, 0.15) is 29.8 Å². The second-order valence-corrected chi connectivity index (χ2v) is 5.34. The molecule has 2 aromatic rings. The molecule has 110 valence electrons. The van der Waals surface area contributed by atoms with Gasteiger partial charge in [0.25, 0.3) is 5.91 Å². The van der Waals surface area contributed by atoms with Gasteiger partial charge >= 0.3 is 0 Å². The second-order valence-electron chi connectivity index (χ2n) is 4.94. The molecule has 2 rings (SSSR count). The highest BCUT2D eigenvalue weighted by atomic mass is 35.5. The van der Waals surface area contributed by atoms with Crippen LogP contribution < -0.4 is 10.1 Å². The maximum atomic E-state index is 12.3. The topological polar surface area (TPSA) is 38.3 Å². The highest BCUT2D eigenvalue weighted by molar-refractivity contribution is 6.31. The molecule has 0 unspecified atom stereocenters. The molecule has 3 nitrogen and oxygen atoms in total. The largest absolute Gasteiger partial charge is 0.490 e. The predicted octanol–water partition coefficient (Wildman–Crippen LogP) is 4.06. The van der Waals surface area contributed by atoms with Crippen molar-refractivity contribution in [2.75, 3.05) is 0 Å². The Bertz CT molecular complexity index is 626. The third kappa shape index (κ3) is 4.23. The zero-order valence-electron chi connectivity index (χ0n) is 12.1. The molecule has 0 aliphatic rings. The van der Waals surface area contributed by atoms with Gasteiger partial charge < -0.3 is 10.1 Å². The normalized spacial score (nSPS) is 10.5. The number of halogens is 1. The van der Waals surface area contributed by atoms with Gasteiger partial charge in [-0.3, -0.25) is 4.79 Å². The lowest BCUT2D eigenvalue weighted by Crippen LogP contribution is -2.24. The number of carbonyl (C=O) groups is 1. The van der Waals surface area contributed by atoms with E-state index in [9.17, 15) is 4.79 Å². The van der Waals surface area contributed by atoms with Crippen molar-refractivity contribution in [1.29, 1.82) is 0 Å². The van der Waals surface area contributed by atoms with Crippen molar-refractivity contribution in [3.63, 3.8) is 0 Å². The van der Waals surface area contributed by atoms with Crippen LogP contribution >= 0.6 is 11.6 Å². The summed E-state index contributed by atoms with van der Waals surface area (Å²) in [4.78, 5) is 12.3. The van der Waals surface area contributed by atoms with Crippen molar-refractivity contribution in [2.45, 2.75) is 26.5 Å². The molecule has 0 heterocycles. The number of amides is 1. The molecule has 0 fully saturated rings. The molecule has 2 aromatic carbocycles. The zero-order valence-corrected chi connectivity index (χ0v) is 12.9. The Morgan fingerprint density at radius 2 is 1.81 bits per heavy atom. The predicted molar refractivity (Wildman–Crippen MR) is 84.8 cm³/mol. The van der Waals surface area contributed by atoms with Crippen LogP contribution in [0.2, 0.25) is 5.02 Å². The van der Waals surface area contributed by atoms with Crippen LogP contribution in [0.3, 0.4) is 0 Å². The van der Waals surface area contributed by atoms with E-state index in [0.717, 1.165) is 5.56 Å². The summed E-state index contributed by atoms with van der Waals surface area (Å²) in [5.41, 5.74) is 1.41. The highest BCUT2D eigenvalue weighted by Gasteiger charge is 2.13. The van der Waals surface area contributed by atoms with Crippen molar-refractivity contribution in [1.82, 2.24) is 5.32 Å². The quantitative estimate of drug-likeness (QED) is 0.904. The Labute approximate surface area is 129 Å². The van der Waals surface area contributed by atoms with E-state index in [0.29, 0.717) is 22.9 Å². The maximum Gasteiger partial charge on any atom is 0.255 e. The number of hydrogen-bond acceptors (Lipinski definition) is 2. The maximum absolute atomic E-state index is 12.3. The molecule has 4 heteroatoms. The van der Waals surface area contributed by atoms with Gasteiger partial charge in [-0.05, 0) is 37.6 Å². The summed E-state index contributed by atoms with van der Waals surface area (Å²) in [5.74, 6) is 0.412. The van der Waals surface area contributed by atoms with Crippen molar-refractivity contribution < 1.29 is 9.53 Å². The lowest BCUT2D eigenvalue weighted by Gasteiger charge is -2.14. The minimum absolute atomic E-state index is 0.0162. The van der Waals surface area contributed by atoms with Crippen LogP contribution in [-0.4, -0.2) is 12.0 Å². The van der Waals surface area contributed by atoms with Crippen LogP contribution in [0, 0.1) is 0 Å². The van der Waals surface area contributed by atoms with E-state index < -0.39 is 0 Å². The highest BCUT2D eigenvalue weighted by Crippen LogP contribution is 2.20. The first-order valence-electron chi connectivity index (χ1n) is 6.85. The molecule has 21 heavy (non-hydrogen) atoms. The van der Waals surface area contributed by atoms with Gasteiger partial charge in [0.05, 0.1) is 11.7 Å². The summed E-state index contributed by atoms with van der Waals surface area (Å²) in [6, 6.07) is 14.7. The molecular formula is C17H18ClNO2. The first-order valence-corrected chi connectivity index (χ1v) is 7.23. The first-order chi connectivity index (χ1) is 10.1. The minimum Gasteiger partial charge on any atom is -0.490 e. The van der Waals surface area contributed by atoms with E-state index in [4.69, 9.17) is 16.3 Å². The molecule has 0 saturated heterocycles. The zero-order chi connectivity index (χ0) is 15.2. The Morgan fingerprint density at radius 3 is 2.52 bits per heavy atom. The summed E-state index contributed by atoms with van der Waals surface area (Å²) in [6.45, 7) is 4.24.